The van der Waals surface area contributed by atoms with E-state index in [2.05, 4.69) is 24.1 Å². The second kappa shape index (κ2) is 8.15. The van der Waals surface area contributed by atoms with Crippen molar-refractivity contribution >= 4 is 23.1 Å². The Hall–Kier alpha value is -3.02. The lowest BCUT2D eigenvalue weighted by atomic mass is 9.74. The molecule has 2 aliphatic heterocycles. The van der Waals surface area contributed by atoms with Crippen molar-refractivity contribution in [1.82, 2.24) is 4.90 Å². The van der Waals surface area contributed by atoms with Gasteiger partial charge in [-0.25, -0.2) is 0 Å². The molecule has 3 heterocycles. The Morgan fingerprint density at radius 2 is 1.88 bits per heavy atom. The number of nitrogens with one attached hydrogen (secondary N) is 1. The molecule has 168 valence electrons. The molecular weight excluding hydrogens is 402 g/mol. The monoisotopic (exact) mass is 433 g/mol. The number of carbonyl (C=O) groups is 2. The lowest BCUT2D eigenvalue weighted by Crippen LogP contribution is -2.45. The molecule has 1 aromatic heterocycles. The molecule has 1 aromatic carbocycles. The van der Waals surface area contributed by atoms with E-state index in [0.717, 1.165) is 55.0 Å². The standard InChI is InChI=1S/C26H31N3O3/c1-26(2)15-19-24(21(30)16-26)25(22-11-8-14-32-22)29(20-10-5-4-9-18(20)27-19)17-23(31)28-12-6-3-7-13-28/h4-5,8-11,14,25,27H,3,6-7,12-13,15-17H2,1-2H3/t25-/m0/s1. The summed E-state index contributed by atoms with van der Waals surface area (Å²) in [5.41, 5.74) is 3.38. The number of carbonyl (C=O) groups excluding carboxylic acids is 2. The number of para-hydroxylation sites is 2. The first kappa shape index (κ1) is 20.9. The van der Waals surface area contributed by atoms with E-state index in [9.17, 15) is 9.59 Å². The fourth-order valence-electron chi connectivity index (χ4n) is 5.36. The molecular formula is C26H31N3O3. The Labute approximate surface area is 189 Å². The van der Waals surface area contributed by atoms with Gasteiger partial charge in [0.2, 0.25) is 5.91 Å². The van der Waals surface area contributed by atoms with Gasteiger partial charge >= 0.3 is 0 Å². The normalized spacial score (nSPS) is 22.7. The first-order valence-electron chi connectivity index (χ1n) is 11.6. The van der Waals surface area contributed by atoms with Crippen molar-refractivity contribution in [3.05, 3.63) is 59.7 Å². The molecule has 2 aromatic rings. The van der Waals surface area contributed by atoms with E-state index in [1.807, 2.05) is 41.3 Å². The second-order valence-corrected chi connectivity index (χ2v) is 9.96. The van der Waals surface area contributed by atoms with Gasteiger partial charge in [-0.3, -0.25) is 9.59 Å². The van der Waals surface area contributed by atoms with Crippen LogP contribution in [0.1, 0.15) is 57.8 Å². The van der Waals surface area contributed by atoms with E-state index in [4.69, 9.17) is 4.42 Å². The average molecular weight is 434 g/mol. The van der Waals surface area contributed by atoms with Crippen LogP contribution in [0, 0.1) is 5.41 Å². The number of furan rings is 1. The number of rotatable bonds is 3. The van der Waals surface area contributed by atoms with Crippen LogP contribution in [0.5, 0.6) is 0 Å². The van der Waals surface area contributed by atoms with Crippen molar-refractivity contribution in [2.45, 2.75) is 52.0 Å². The van der Waals surface area contributed by atoms with E-state index in [1.165, 1.54) is 6.42 Å². The third kappa shape index (κ3) is 3.83. The van der Waals surface area contributed by atoms with Crippen molar-refractivity contribution < 1.29 is 14.0 Å². The number of likely N-dealkylation sites (tertiary alicyclic amines) is 1. The molecule has 1 aliphatic carbocycles. The summed E-state index contributed by atoms with van der Waals surface area (Å²) in [5.74, 6) is 0.910. The van der Waals surface area contributed by atoms with Crippen molar-refractivity contribution in [3.8, 4) is 0 Å². The van der Waals surface area contributed by atoms with Crippen molar-refractivity contribution in [1.29, 1.82) is 0 Å². The van der Waals surface area contributed by atoms with Crippen molar-refractivity contribution in [2.75, 3.05) is 29.9 Å². The summed E-state index contributed by atoms with van der Waals surface area (Å²) in [4.78, 5) is 30.9. The van der Waals surface area contributed by atoms with E-state index in [1.54, 1.807) is 6.26 Å². The number of hydrogen-bond acceptors (Lipinski definition) is 5. The summed E-state index contributed by atoms with van der Waals surface area (Å²) >= 11 is 0. The van der Waals surface area contributed by atoms with E-state index >= 15 is 0 Å². The molecule has 1 fully saturated rings. The summed E-state index contributed by atoms with van der Waals surface area (Å²) in [6.45, 7) is 6.08. The third-order valence-electron chi connectivity index (χ3n) is 6.83. The number of allylic oxidation sites excluding steroid dienone is 1. The Morgan fingerprint density at radius 3 is 2.62 bits per heavy atom. The highest BCUT2D eigenvalue weighted by Crippen LogP contribution is 2.48. The summed E-state index contributed by atoms with van der Waals surface area (Å²) < 4.78 is 5.87. The molecule has 32 heavy (non-hydrogen) atoms. The highest BCUT2D eigenvalue weighted by Gasteiger charge is 2.43. The molecule has 6 nitrogen and oxygen atoms in total. The van der Waals surface area contributed by atoms with Gasteiger partial charge in [0.15, 0.2) is 5.78 Å². The fraction of sp³-hybridized carbons (Fsp3) is 0.462. The van der Waals surface area contributed by atoms with Gasteiger partial charge in [-0.15, -0.1) is 0 Å². The van der Waals surface area contributed by atoms with Crippen LogP contribution in [0.4, 0.5) is 11.4 Å². The summed E-state index contributed by atoms with van der Waals surface area (Å²) in [7, 11) is 0. The minimum absolute atomic E-state index is 0.101. The van der Waals surface area contributed by atoms with Gasteiger partial charge in [0.05, 0.1) is 24.2 Å². The number of nitrogens with zero attached hydrogens (tertiary/aromatic N) is 2. The van der Waals surface area contributed by atoms with Gasteiger partial charge < -0.3 is 19.5 Å². The number of ketones is 1. The molecule has 1 N–H and O–H groups in total. The maximum atomic E-state index is 13.5. The van der Waals surface area contributed by atoms with Crippen molar-refractivity contribution in [2.24, 2.45) is 5.41 Å². The maximum Gasteiger partial charge on any atom is 0.242 e. The van der Waals surface area contributed by atoms with Crippen LogP contribution >= 0.6 is 0 Å². The second-order valence-electron chi connectivity index (χ2n) is 9.96. The predicted molar refractivity (Wildman–Crippen MR) is 124 cm³/mol. The van der Waals surface area contributed by atoms with Gasteiger partial charge in [0.1, 0.15) is 11.8 Å². The minimum Gasteiger partial charge on any atom is -0.467 e. The summed E-state index contributed by atoms with van der Waals surface area (Å²) in [6.07, 6.45) is 6.17. The maximum absolute atomic E-state index is 13.5. The lowest BCUT2D eigenvalue weighted by Gasteiger charge is -2.37. The van der Waals surface area contributed by atoms with Crippen LogP contribution in [-0.2, 0) is 9.59 Å². The fourth-order valence-corrected chi connectivity index (χ4v) is 5.36. The molecule has 5 rings (SSSR count). The number of hydrogen-bond donors (Lipinski definition) is 1. The minimum atomic E-state index is -0.437. The molecule has 0 spiro atoms. The number of benzene rings is 1. The van der Waals surface area contributed by atoms with Gasteiger partial charge in [0, 0.05) is 30.8 Å². The number of anilines is 2. The van der Waals surface area contributed by atoms with Crippen LogP contribution in [0.2, 0.25) is 0 Å². The van der Waals surface area contributed by atoms with E-state index < -0.39 is 6.04 Å². The highest BCUT2D eigenvalue weighted by atomic mass is 16.3. The molecule has 0 radical (unpaired) electrons. The Balaban J connectivity index is 1.63. The molecule has 1 atom stereocenters. The molecule has 3 aliphatic rings. The molecule has 0 bridgehead atoms. The molecule has 1 amide bonds. The Bertz CT molecular complexity index is 1050. The molecule has 0 saturated carbocycles. The average Bonchev–Trinajstić information content (AvgIpc) is 3.25. The Kier molecular flexibility index (Phi) is 5.31. The number of Topliss-reactive ketones (excluding diaryl/α,β-unsaturated/α-hetero) is 1. The SMILES string of the molecule is CC1(C)CC(=O)C2=C(C1)Nc1ccccc1N(CC(=O)N1CCCCC1)[C@H]2c1ccco1. The number of piperidine rings is 1. The number of amides is 1. The lowest BCUT2D eigenvalue weighted by molar-refractivity contribution is -0.130. The number of fused-ring (bicyclic) bond motifs is 1. The first-order valence-corrected chi connectivity index (χ1v) is 11.6. The zero-order valence-electron chi connectivity index (χ0n) is 18.9. The van der Waals surface area contributed by atoms with Gasteiger partial charge in [-0.2, -0.15) is 0 Å². The van der Waals surface area contributed by atoms with Crippen LogP contribution in [0.25, 0.3) is 0 Å². The van der Waals surface area contributed by atoms with E-state index in [-0.39, 0.29) is 23.7 Å². The van der Waals surface area contributed by atoms with Gasteiger partial charge in [-0.05, 0) is 55.4 Å². The molecule has 1 saturated heterocycles. The Morgan fingerprint density at radius 1 is 1.09 bits per heavy atom. The van der Waals surface area contributed by atoms with Crippen LogP contribution < -0.4 is 10.2 Å². The van der Waals surface area contributed by atoms with Crippen LogP contribution in [0.3, 0.4) is 0 Å². The topological polar surface area (TPSA) is 65.8 Å². The zero-order valence-corrected chi connectivity index (χ0v) is 18.9. The first-order chi connectivity index (χ1) is 15.4. The zero-order chi connectivity index (χ0) is 22.3. The summed E-state index contributed by atoms with van der Waals surface area (Å²) in [5, 5.41) is 3.57. The quantitative estimate of drug-likeness (QED) is 0.745. The molecule has 6 heteroatoms. The molecule has 0 unspecified atom stereocenters. The van der Waals surface area contributed by atoms with Crippen LogP contribution in [0.15, 0.2) is 58.3 Å². The predicted octanol–water partition coefficient (Wildman–Crippen LogP) is 4.91. The van der Waals surface area contributed by atoms with Crippen LogP contribution in [-0.4, -0.2) is 36.2 Å². The third-order valence-corrected chi connectivity index (χ3v) is 6.83. The van der Waals surface area contributed by atoms with E-state index in [0.29, 0.717) is 12.2 Å². The van der Waals surface area contributed by atoms with Crippen molar-refractivity contribution in [3.63, 3.8) is 0 Å². The highest BCUT2D eigenvalue weighted by molar-refractivity contribution is 6.01. The smallest absolute Gasteiger partial charge is 0.242 e. The largest absolute Gasteiger partial charge is 0.467 e. The van der Waals surface area contributed by atoms with Gasteiger partial charge in [0.25, 0.3) is 0 Å². The van der Waals surface area contributed by atoms with Gasteiger partial charge in [-0.1, -0.05) is 26.0 Å². The summed E-state index contributed by atoms with van der Waals surface area (Å²) in [6, 6.07) is 11.3.